The van der Waals surface area contributed by atoms with Gasteiger partial charge in [-0.3, -0.25) is 0 Å². The van der Waals surface area contributed by atoms with Crippen LogP contribution in [0, 0.1) is 5.82 Å². The van der Waals surface area contributed by atoms with Gasteiger partial charge in [-0.25, -0.2) is 13.9 Å². The van der Waals surface area contributed by atoms with E-state index in [0.29, 0.717) is 6.54 Å². The molecular formula is C20H21BrFN2O+. The van der Waals surface area contributed by atoms with Crippen molar-refractivity contribution in [1.29, 1.82) is 0 Å². The van der Waals surface area contributed by atoms with E-state index >= 15 is 0 Å². The van der Waals surface area contributed by atoms with Gasteiger partial charge in [0.1, 0.15) is 11.5 Å². The molecule has 5 heteroatoms. The van der Waals surface area contributed by atoms with Gasteiger partial charge in [0, 0.05) is 16.5 Å². The third-order valence-electron chi connectivity index (χ3n) is 5.18. The van der Waals surface area contributed by atoms with Crippen molar-refractivity contribution in [2.45, 2.75) is 31.4 Å². The molecule has 2 aromatic rings. The van der Waals surface area contributed by atoms with Gasteiger partial charge in [-0.05, 0) is 67.8 Å². The lowest BCUT2D eigenvalue weighted by molar-refractivity contribution is -0.658. The van der Waals surface area contributed by atoms with Crippen LogP contribution in [0.25, 0.3) is 0 Å². The molecule has 0 spiro atoms. The van der Waals surface area contributed by atoms with Gasteiger partial charge < -0.3 is 5.11 Å². The van der Waals surface area contributed by atoms with Crippen LogP contribution in [0.3, 0.4) is 0 Å². The molecule has 0 saturated carbocycles. The van der Waals surface area contributed by atoms with E-state index in [1.807, 2.05) is 12.1 Å². The number of anilines is 1. The summed E-state index contributed by atoms with van der Waals surface area (Å²) < 4.78 is 16.5. The third kappa shape index (κ3) is 3.00. The topological polar surface area (TPSA) is 26.5 Å². The van der Waals surface area contributed by atoms with Crippen molar-refractivity contribution in [2.24, 2.45) is 0 Å². The first-order chi connectivity index (χ1) is 12.1. The molecule has 2 heterocycles. The Hall–Kier alpha value is -1.72. The van der Waals surface area contributed by atoms with Gasteiger partial charge in [-0.15, -0.1) is 0 Å². The highest BCUT2D eigenvalue weighted by atomic mass is 79.9. The van der Waals surface area contributed by atoms with Gasteiger partial charge >= 0.3 is 0 Å². The fraction of sp³-hybridized carbons (Fsp3) is 0.350. The molecule has 0 bridgehead atoms. The monoisotopic (exact) mass is 403 g/mol. The molecule has 0 fully saturated rings. The van der Waals surface area contributed by atoms with Crippen LogP contribution in [0.4, 0.5) is 10.1 Å². The molecule has 0 unspecified atom stereocenters. The minimum atomic E-state index is -1.12. The second kappa shape index (κ2) is 6.54. The average molecular weight is 404 g/mol. The molecule has 4 rings (SSSR count). The van der Waals surface area contributed by atoms with Crippen LogP contribution in [0.5, 0.6) is 0 Å². The molecule has 0 aromatic heterocycles. The van der Waals surface area contributed by atoms with E-state index in [2.05, 4.69) is 37.5 Å². The van der Waals surface area contributed by atoms with E-state index in [4.69, 9.17) is 0 Å². The van der Waals surface area contributed by atoms with E-state index in [-0.39, 0.29) is 5.82 Å². The Balaban J connectivity index is 1.79. The molecule has 3 nitrogen and oxygen atoms in total. The molecule has 1 N–H and O–H groups in total. The van der Waals surface area contributed by atoms with Gasteiger partial charge in [0.05, 0.1) is 6.54 Å². The number of nitrogens with zero attached hydrogens (tertiary/aromatic N) is 2. The Bertz CT molecular complexity index is 803. The van der Waals surface area contributed by atoms with Gasteiger partial charge in [0.2, 0.25) is 0 Å². The number of β-amino-alcohol motifs (C(OH)–C–C–N with tert-alkyl or cyclic N) is 1. The van der Waals surface area contributed by atoms with Crippen LogP contribution in [0.1, 0.15) is 31.2 Å². The molecule has 2 aromatic carbocycles. The Kier molecular flexibility index (Phi) is 4.38. The zero-order chi connectivity index (χ0) is 17.4. The van der Waals surface area contributed by atoms with E-state index < -0.39 is 5.72 Å². The zero-order valence-electron chi connectivity index (χ0n) is 14.0. The first-order valence-corrected chi connectivity index (χ1v) is 9.52. The van der Waals surface area contributed by atoms with Crippen LogP contribution in [0.15, 0.2) is 53.0 Å². The van der Waals surface area contributed by atoms with Crippen LogP contribution in [-0.2, 0) is 5.72 Å². The summed E-state index contributed by atoms with van der Waals surface area (Å²) in [4.78, 5) is 2.21. The highest BCUT2D eigenvalue weighted by Gasteiger charge is 2.51. The maximum atomic E-state index is 13.4. The molecule has 25 heavy (non-hydrogen) atoms. The Morgan fingerprint density at radius 2 is 1.72 bits per heavy atom. The minimum absolute atomic E-state index is 0.282. The summed E-state index contributed by atoms with van der Waals surface area (Å²) in [7, 11) is 0. The molecular weight excluding hydrogens is 383 g/mol. The molecule has 0 saturated heterocycles. The largest absolute Gasteiger partial charge is 0.346 e. The predicted octanol–water partition coefficient (Wildman–Crippen LogP) is 4.24. The van der Waals surface area contributed by atoms with Crippen LogP contribution in [0.2, 0.25) is 0 Å². The summed E-state index contributed by atoms with van der Waals surface area (Å²) in [5.41, 5.74) is 0.691. The normalized spacial score (nSPS) is 23.6. The highest BCUT2D eigenvalue weighted by Crippen LogP contribution is 2.35. The SMILES string of the molecule is O[C@]1(c2ccc(F)cc2)CN(c2ccc(Br)cc2)C2=[N+]1CCCCC2. The predicted molar refractivity (Wildman–Crippen MR) is 100 cm³/mol. The number of rotatable bonds is 2. The number of hydrogen-bond acceptors (Lipinski definition) is 2. The maximum absolute atomic E-state index is 13.4. The molecule has 0 radical (unpaired) electrons. The van der Waals surface area contributed by atoms with Gasteiger partial charge in [0.15, 0.2) is 6.54 Å². The first-order valence-electron chi connectivity index (χ1n) is 8.73. The molecule has 1 atom stereocenters. The van der Waals surface area contributed by atoms with E-state index in [1.165, 1.54) is 12.1 Å². The smallest absolute Gasteiger partial charge is 0.271 e. The summed E-state index contributed by atoms with van der Waals surface area (Å²) in [6.45, 7) is 1.27. The van der Waals surface area contributed by atoms with Crippen molar-refractivity contribution in [1.82, 2.24) is 0 Å². The lowest BCUT2D eigenvalue weighted by atomic mass is 10.0. The number of halogens is 2. The summed E-state index contributed by atoms with van der Waals surface area (Å²) in [6.07, 6.45) is 4.28. The van der Waals surface area contributed by atoms with Crippen molar-refractivity contribution >= 4 is 27.5 Å². The van der Waals surface area contributed by atoms with Gasteiger partial charge in [-0.1, -0.05) is 15.9 Å². The van der Waals surface area contributed by atoms with Crippen LogP contribution in [-0.4, -0.2) is 28.6 Å². The Morgan fingerprint density at radius 1 is 1.00 bits per heavy atom. The van der Waals surface area contributed by atoms with Crippen LogP contribution >= 0.6 is 15.9 Å². The second-order valence-electron chi connectivity index (χ2n) is 6.76. The summed E-state index contributed by atoms with van der Waals surface area (Å²) in [5.74, 6) is 0.877. The number of benzene rings is 2. The molecule has 130 valence electrons. The van der Waals surface area contributed by atoms with Crippen molar-refractivity contribution in [3.05, 3.63) is 64.4 Å². The highest BCUT2D eigenvalue weighted by molar-refractivity contribution is 9.10. The van der Waals surface area contributed by atoms with Gasteiger partial charge in [0.25, 0.3) is 11.6 Å². The molecule has 2 aliphatic rings. The van der Waals surface area contributed by atoms with Crippen molar-refractivity contribution < 1.29 is 14.1 Å². The molecule has 2 aliphatic heterocycles. The third-order valence-corrected chi connectivity index (χ3v) is 5.70. The zero-order valence-corrected chi connectivity index (χ0v) is 15.5. The lowest BCUT2D eigenvalue weighted by Crippen LogP contribution is -2.41. The summed E-state index contributed by atoms with van der Waals surface area (Å²) >= 11 is 3.48. The lowest BCUT2D eigenvalue weighted by Gasteiger charge is -2.23. The van der Waals surface area contributed by atoms with E-state index in [9.17, 15) is 9.50 Å². The van der Waals surface area contributed by atoms with Crippen molar-refractivity contribution in [2.75, 3.05) is 18.0 Å². The van der Waals surface area contributed by atoms with Crippen molar-refractivity contribution in [3.8, 4) is 0 Å². The Labute approximate surface area is 155 Å². The van der Waals surface area contributed by atoms with E-state index in [0.717, 1.165) is 53.8 Å². The minimum Gasteiger partial charge on any atom is -0.346 e. The van der Waals surface area contributed by atoms with E-state index in [1.54, 1.807) is 12.1 Å². The summed E-state index contributed by atoms with van der Waals surface area (Å²) in [5, 5.41) is 11.6. The average Bonchev–Trinajstić information content (AvgIpc) is 2.78. The van der Waals surface area contributed by atoms with Crippen LogP contribution < -0.4 is 4.90 Å². The fourth-order valence-corrected chi connectivity index (χ4v) is 4.16. The number of amidine groups is 1. The standard InChI is InChI=1S/C20H21BrFN2O/c21-16-7-11-18(12-8-16)23-14-20(25,15-5-9-17(22)10-6-15)24-13-3-1-2-4-19(23)24/h5-12,25H,1-4,13-14H2/q+1/t20-/m0/s1. The number of hydrogen-bond donors (Lipinski definition) is 1. The molecule has 0 amide bonds. The Morgan fingerprint density at radius 3 is 2.44 bits per heavy atom. The fourth-order valence-electron chi connectivity index (χ4n) is 3.90. The molecule has 0 aliphatic carbocycles. The quantitative estimate of drug-likeness (QED) is 0.759. The first kappa shape index (κ1) is 16.7. The van der Waals surface area contributed by atoms with Crippen molar-refractivity contribution in [3.63, 3.8) is 0 Å². The number of aliphatic hydroxyl groups is 1. The maximum Gasteiger partial charge on any atom is 0.271 e. The van der Waals surface area contributed by atoms with Gasteiger partial charge in [-0.2, -0.15) is 0 Å². The second-order valence-corrected chi connectivity index (χ2v) is 7.68. The summed E-state index contributed by atoms with van der Waals surface area (Å²) in [6, 6.07) is 14.4.